The molecule has 0 radical (unpaired) electrons. The minimum Gasteiger partial charge on any atom is -0.462 e. The van der Waals surface area contributed by atoms with Crippen molar-refractivity contribution in [1.29, 1.82) is 0 Å². The van der Waals surface area contributed by atoms with Crippen LogP contribution in [0.5, 0.6) is 0 Å². The molecule has 0 aliphatic heterocycles. The van der Waals surface area contributed by atoms with E-state index in [1.54, 1.807) is 0 Å². The van der Waals surface area contributed by atoms with E-state index in [0.29, 0.717) is 17.4 Å². The van der Waals surface area contributed by atoms with Gasteiger partial charge in [-0.05, 0) is 64.2 Å². The fourth-order valence-corrected chi connectivity index (χ4v) is 7.14. The van der Waals surface area contributed by atoms with Gasteiger partial charge in [0.05, 0.1) is 27.7 Å². The molecule has 1 N–H and O–H groups in total. The first-order valence-electron chi connectivity index (χ1n) is 23.7. The Kier molecular flexibility index (Phi) is 39.4. The summed E-state index contributed by atoms with van der Waals surface area (Å²) in [5.74, 6) is -0.814. The van der Waals surface area contributed by atoms with Gasteiger partial charge in [-0.25, -0.2) is 4.57 Å². The Morgan fingerprint density at radius 2 is 0.966 bits per heavy atom. The molecule has 58 heavy (non-hydrogen) atoms. The molecular formula is C48H91NO8P+. The molecule has 0 aromatic carbocycles. The topological polar surface area (TPSA) is 108 Å². The second-order valence-corrected chi connectivity index (χ2v) is 18.6. The van der Waals surface area contributed by atoms with E-state index in [0.717, 1.165) is 64.2 Å². The molecule has 0 saturated carbocycles. The van der Waals surface area contributed by atoms with Gasteiger partial charge in [-0.15, -0.1) is 0 Å². The zero-order chi connectivity index (χ0) is 42.8. The van der Waals surface area contributed by atoms with Crippen molar-refractivity contribution < 1.29 is 42.1 Å². The molecule has 340 valence electrons. The number of esters is 2. The molecule has 9 nitrogen and oxygen atoms in total. The predicted molar refractivity (Wildman–Crippen MR) is 243 cm³/mol. The van der Waals surface area contributed by atoms with Gasteiger partial charge in [0, 0.05) is 12.8 Å². The largest absolute Gasteiger partial charge is 0.472 e. The highest BCUT2D eigenvalue weighted by molar-refractivity contribution is 7.47. The minimum atomic E-state index is -4.38. The first-order chi connectivity index (χ1) is 28.0. The molecule has 10 heteroatoms. The van der Waals surface area contributed by atoms with Gasteiger partial charge >= 0.3 is 19.8 Å². The molecule has 0 aliphatic rings. The molecule has 2 atom stereocenters. The van der Waals surface area contributed by atoms with E-state index in [-0.39, 0.29) is 32.0 Å². The maximum absolute atomic E-state index is 12.7. The smallest absolute Gasteiger partial charge is 0.462 e. The minimum absolute atomic E-state index is 0.0285. The summed E-state index contributed by atoms with van der Waals surface area (Å²) in [5, 5.41) is 0. The summed E-state index contributed by atoms with van der Waals surface area (Å²) < 4.78 is 34.3. The summed E-state index contributed by atoms with van der Waals surface area (Å²) in [6, 6.07) is 0. The van der Waals surface area contributed by atoms with Crippen molar-refractivity contribution in [2.75, 3.05) is 47.5 Å². The number of phosphoric acid groups is 1. The van der Waals surface area contributed by atoms with Crippen LogP contribution in [0.2, 0.25) is 0 Å². The quantitative estimate of drug-likeness (QED) is 0.0213. The van der Waals surface area contributed by atoms with E-state index in [9.17, 15) is 19.0 Å². The monoisotopic (exact) mass is 841 g/mol. The number of ether oxygens (including phenoxy) is 2. The van der Waals surface area contributed by atoms with E-state index >= 15 is 0 Å². The van der Waals surface area contributed by atoms with Gasteiger partial charge in [0.1, 0.15) is 19.8 Å². The lowest BCUT2D eigenvalue weighted by molar-refractivity contribution is -0.870. The molecule has 0 spiro atoms. The maximum atomic E-state index is 12.7. The predicted octanol–water partition coefficient (Wildman–Crippen LogP) is 13.7. The third-order valence-corrected chi connectivity index (χ3v) is 11.1. The number of rotatable bonds is 43. The first kappa shape index (κ1) is 56.2. The van der Waals surface area contributed by atoms with Gasteiger partial charge in [-0.1, -0.05) is 166 Å². The number of nitrogens with zero attached hydrogens (tertiary/aromatic N) is 1. The Bertz CT molecular complexity index is 1090. The van der Waals surface area contributed by atoms with Crippen LogP contribution in [0.15, 0.2) is 36.5 Å². The molecule has 0 saturated heterocycles. The molecule has 0 aliphatic carbocycles. The maximum Gasteiger partial charge on any atom is 0.472 e. The average molecular weight is 841 g/mol. The van der Waals surface area contributed by atoms with E-state index in [1.807, 2.05) is 21.1 Å². The Morgan fingerprint density at radius 3 is 1.45 bits per heavy atom. The van der Waals surface area contributed by atoms with Crippen LogP contribution in [0.3, 0.4) is 0 Å². The van der Waals surface area contributed by atoms with Crippen LogP contribution in [0.1, 0.15) is 206 Å². The Labute approximate surface area is 357 Å². The number of carbonyl (C=O) groups excluding carboxylic acids is 2. The molecule has 0 amide bonds. The number of likely N-dealkylation sites (N-methyl/N-ethyl adjacent to an activating group) is 1. The van der Waals surface area contributed by atoms with Gasteiger partial charge in [-0.2, -0.15) is 0 Å². The van der Waals surface area contributed by atoms with Crippen LogP contribution in [-0.4, -0.2) is 74.9 Å². The summed E-state index contributed by atoms with van der Waals surface area (Å²) in [6.07, 6.45) is 46.2. The third kappa shape index (κ3) is 43.8. The van der Waals surface area contributed by atoms with Gasteiger partial charge < -0.3 is 18.9 Å². The van der Waals surface area contributed by atoms with E-state index in [1.165, 1.54) is 109 Å². The van der Waals surface area contributed by atoms with Gasteiger partial charge in [0.25, 0.3) is 0 Å². The molecule has 0 aromatic rings. The zero-order valence-electron chi connectivity index (χ0n) is 38.3. The summed E-state index contributed by atoms with van der Waals surface area (Å²) in [6.45, 7) is 4.35. The van der Waals surface area contributed by atoms with Crippen molar-refractivity contribution in [1.82, 2.24) is 0 Å². The summed E-state index contributed by atoms with van der Waals surface area (Å²) in [5.41, 5.74) is 0. The molecule has 0 heterocycles. The Morgan fingerprint density at radius 1 is 0.534 bits per heavy atom. The number of carbonyl (C=O) groups is 2. The second-order valence-electron chi connectivity index (χ2n) is 17.1. The number of phosphoric ester groups is 1. The van der Waals surface area contributed by atoms with Gasteiger partial charge in [0.15, 0.2) is 6.10 Å². The van der Waals surface area contributed by atoms with Crippen LogP contribution >= 0.6 is 7.82 Å². The Hall–Kier alpha value is -1.77. The van der Waals surface area contributed by atoms with Crippen molar-refractivity contribution in [2.24, 2.45) is 0 Å². The fourth-order valence-electron chi connectivity index (χ4n) is 6.40. The van der Waals surface area contributed by atoms with Crippen LogP contribution < -0.4 is 0 Å². The van der Waals surface area contributed by atoms with Crippen LogP contribution in [-0.2, 0) is 32.7 Å². The number of quaternary nitrogens is 1. The number of unbranched alkanes of at least 4 members (excludes halogenated alkanes) is 23. The standard InChI is InChI=1S/C48H90NO8P/c1-6-8-10-12-14-16-18-20-21-22-23-24-25-26-27-29-30-32-34-36-38-40-47(50)54-44-46(45-56-58(52,53)55-43-42-49(3,4)5)57-48(51)41-39-37-35-33-31-28-19-17-15-13-11-9-7-2/h11,13,17,19,22-23,46H,6-10,12,14-16,18,20-21,24-45H2,1-5H3/p+1/b13-11-,19-17-,23-22-. The normalized spacial score (nSPS) is 13.8. The SMILES string of the molecule is CCC/C=C\C/C=C\CCCCCCCC(=O)OC(COC(=O)CCCCCCCCCCC/C=C\CCCCCCCCCC)COP(=O)(O)OCC[N+](C)(C)C. The van der Waals surface area contributed by atoms with Crippen molar-refractivity contribution in [3.8, 4) is 0 Å². The highest BCUT2D eigenvalue weighted by Gasteiger charge is 2.27. The van der Waals surface area contributed by atoms with Crippen molar-refractivity contribution in [2.45, 2.75) is 213 Å². The molecule has 0 fully saturated rings. The van der Waals surface area contributed by atoms with Gasteiger partial charge in [-0.3, -0.25) is 18.6 Å². The van der Waals surface area contributed by atoms with Crippen LogP contribution in [0, 0.1) is 0 Å². The Balaban J connectivity index is 4.25. The number of hydrogen-bond donors (Lipinski definition) is 1. The van der Waals surface area contributed by atoms with Crippen molar-refractivity contribution in [3.05, 3.63) is 36.5 Å². The highest BCUT2D eigenvalue weighted by atomic mass is 31.2. The van der Waals surface area contributed by atoms with Crippen LogP contribution in [0.4, 0.5) is 0 Å². The number of allylic oxidation sites excluding steroid dienone is 6. The number of hydrogen-bond acceptors (Lipinski definition) is 7. The first-order valence-corrected chi connectivity index (χ1v) is 25.2. The summed E-state index contributed by atoms with van der Waals surface area (Å²) in [7, 11) is 1.47. The molecular weight excluding hydrogens is 750 g/mol. The van der Waals surface area contributed by atoms with E-state index in [4.69, 9.17) is 18.5 Å². The summed E-state index contributed by atoms with van der Waals surface area (Å²) >= 11 is 0. The third-order valence-electron chi connectivity index (χ3n) is 10.1. The average Bonchev–Trinajstić information content (AvgIpc) is 3.17. The molecule has 0 aromatic heterocycles. The summed E-state index contributed by atoms with van der Waals surface area (Å²) in [4.78, 5) is 35.4. The second kappa shape index (κ2) is 40.6. The fraction of sp³-hybridized carbons (Fsp3) is 0.833. The van der Waals surface area contributed by atoms with Crippen LogP contribution in [0.25, 0.3) is 0 Å². The lowest BCUT2D eigenvalue weighted by Gasteiger charge is -2.24. The lowest BCUT2D eigenvalue weighted by Crippen LogP contribution is -2.37. The molecule has 0 rings (SSSR count). The lowest BCUT2D eigenvalue weighted by atomic mass is 10.1. The van der Waals surface area contributed by atoms with Gasteiger partial charge in [0.2, 0.25) is 0 Å². The zero-order valence-corrected chi connectivity index (χ0v) is 39.2. The molecule has 0 bridgehead atoms. The van der Waals surface area contributed by atoms with E-state index in [2.05, 4.69) is 50.3 Å². The highest BCUT2D eigenvalue weighted by Crippen LogP contribution is 2.43. The van der Waals surface area contributed by atoms with Crippen molar-refractivity contribution in [3.63, 3.8) is 0 Å². The van der Waals surface area contributed by atoms with E-state index < -0.39 is 26.5 Å². The molecule has 2 unspecified atom stereocenters. The van der Waals surface area contributed by atoms with Crippen molar-refractivity contribution >= 4 is 19.8 Å².